The van der Waals surface area contributed by atoms with Gasteiger partial charge in [-0.05, 0) is 30.4 Å². The molecule has 0 aromatic heterocycles. The lowest BCUT2D eigenvalue weighted by Gasteiger charge is -2.36. The average molecular weight is 229 g/mol. The van der Waals surface area contributed by atoms with Crippen LogP contribution in [0.25, 0.3) is 0 Å². The zero-order valence-corrected chi connectivity index (χ0v) is 9.61. The minimum Gasteiger partial charge on any atom is -0.126 e. The first kappa shape index (κ1) is 10.3. The minimum atomic E-state index is 0.0257. The third kappa shape index (κ3) is 1.55. The van der Waals surface area contributed by atoms with E-state index in [1.54, 1.807) is 0 Å². The van der Waals surface area contributed by atoms with Crippen LogP contribution < -0.4 is 0 Å². The van der Waals surface area contributed by atoms with Crippen LogP contribution >= 0.6 is 23.2 Å². The molecule has 0 radical (unpaired) electrons. The molecule has 1 aromatic carbocycles. The molecule has 0 nitrogen and oxygen atoms in total. The summed E-state index contributed by atoms with van der Waals surface area (Å²) in [5, 5.41) is 0. The van der Waals surface area contributed by atoms with Gasteiger partial charge in [0.15, 0.2) is 0 Å². The van der Waals surface area contributed by atoms with Gasteiger partial charge >= 0.3 is 0 Å². The van der Waals surface area contributed by atoms with Crippen molar-refractivity contribution in [1.82, 2.24) is 0 Å². The second-order valence-corrected chi connectivity index (χ2v) is 4.59. The van der Waals surface area contributed by atoms with Crippen molar-refractivity contribution in [2.75, 3.05) is 11.8 Å². The van der Waals surface area contributed by atoms with Gasteiger partial charge in [-0.25, -0.2) is 0 Å². The summed E-state index contributed by atoms with van der Waals surface area (Å²) in [6.07, 6.45) is 3.50. The van der Waals surface area contributed by atoms with Crippen molar-refractivity contribution in [1.29, 1.82) is 0 Å². The number of fused-ring (bicyclic) bond motifs is 1. The van der Waals surface area contributed by atoms with Crippen molar-refractivity contribution in [2.24, 2.45) is 0 Å². The molecule has 0 saturated carbocycles. The van der Waals surface area contributed by atoms with Gasteiger partial charge in [-0.3, -0.25) is 0 Å². The lowest BCUT2D eigenvalue weighted by molar-refractivity contribution is 0.442. The summed E-state index contributed by atoms with van der Waals surface area (Å²) in [6, 6.07) is 8.55. The van der Waals surface area contributed by atoms with E-state index in [9.17, 15) is 0 Å². The highest BCUT2D eigenvalue weighted by molar-refractivity contribution is 6.22. The molecule has 14 heavy (non-hydrogen) atoms. The molecule has 0 aliphatic heterocycles. The van der Waals surface area contributed by atoms with Crippen LogP contribution in [0.15, 0.2) is 24.3 Å². The highest BCUT2D eigenvalue weighted by Crippen LogP contribution is 2.39. The van der Waals surface area contributed by atoms with Crippen molar-refractivity contribution >= 4 is 23.2 Å². The Balaban J connectivity index is 2.48. The molecular formula is C12H14Cl2. The summed E-state index contributed by atoms with van der Waals surface area (Å²) in [7, 11) is 0. The Hall–Kier alpha value is -0.200. The molecule has 0 amide bonds. The molecule has 2 heteroatoms. The number of benzene rings is 1. The number of hydrogen-bond donors (Lipinski definition) is 0. The van der Waals surface area contributed by atoms with E-state index >= 15 is 0 Å². The van der Waals surface area contributed by atoms with Gasteiger partial charge in [-0.1, -0.05) is 24.3 Å². The van der Waals surface area contributed by atoms with Gasteiger partial charge in [-0.15, -0.1) is 23.2 Å². The van der Waals surface area contributed by atoms with Gasteiger partial charge in [0.1, 0.15) is 0 Å². The van der Waals surface area contributed by atoms with Crippen molar-refractivity contribution in [2.45, 2.75) is 24.7 Å². The summed E-state index contributed by atoms with van der Waals surface area (Å²) in [5.41, 5.74) is 2.83. The predicted molar refractivity (Wildman–Crippen MR) is 62.5 cm³/mol. The van der Waals surface area contributed by atoms with E-state index in [-0.39, 0.29) is 5.41 Å². The molecule has 1 aliphatic rings. The molecule has 2 rings (SSSR count). The second-order valence-electron chi connectivity index (χ2n) is 4.06. The van der Waals surface area contributed by atoms with E-state index in [1.165, 1.54) is 24.0 Å². The van der Waals surface area contributed by atoms with Gasteiger partial charge in [0.2, 0.25) is 0 Å². The van der Waals surface area contributed by atoms with Crippen LogP contribution in [-0.2, 0) is 11.8 Å². The Morgan fingerprint density at radius 3 is 2.57 bits per heavy atom. The number of rotatable bonds is 2. The molecule has 0 spiro atoms. The molecule has 0 atom stereocenters. The van der Waals surface area contributed by atoms with Gasteiger partial charge < -0.3 is 0 Å². The normalized spacial score (nSPS) is 19.0. The molecule has 0 fully saturated rings. The van der Waals surface area contributed by atoms with E-state index < -0.39 is 0 Å². The standard InChI is InChI=1S/C12H14Cl2/c13-8-12(9-14)7-3-5-10-4-1-2-6-11(10)12/h1-2,4,6H,3,5,7-9H2. The summed E-state index contributed by atoms with van der Waals surface area (Å²) >= 11 is 12.2. The van der Waals surface area contributed by atoms with E-state index in [4.69, 9.17) is 23.2 Å². The van der Waals surface area contributed by atoms with Crippen LogP contribution in [0, 0.1) is 0 Å². The van der Waals surface area contributed by atoms with Crippen LogP contribution in [0.1, 0.15) is 24.0 Å². The summed E-state index contributed by atoms with van der Waals surface area (Å²) < 4.78 is 0. The monoisotopic (exact) mass is 228 g/mol. The lowest BCUT2D eigenvalue weighted by atomic mass is 9.72. The van der Waals surface area contributed by atoms with Gasteiger partial charge in [0, 0.05) is 17.2 Å². The first-order valence-electron chi connectivity index (χ1n) is 5.03. The minimum absolute atomic E-state index is 0.0257. The van der Waals surface area contributed by atoms with E-state index in [0.29, 0.717) is 11.8 Å². The first-order chi connectivity index (χ1) is 6.82. The average Bonchev–Trinajstić information content (AvgIpc) is 2.28. The first-order valence-corrected chi connectivity index (χ1v) is 6.10. The third-order valence-corrected chi connectivity index (χ3v) is 4.22. The van der Waals surface area contributed by atoms with Crippen molar-refractivity contribution in [3.05, 3.63) is 35.4 Å². The van der Waals surface area contributed by atoms with Gasteiger partial charge in [0.25, 0.3) is 0 Å². The molecule has 0 bridgehead atoms. The zero-order chi connectivity index (χ0) is 10.0. The number of hydrogen-bond acceptors (Lipinski definition) is 0. The zero-order valence-electron chi connectivity index (χ0n) is 8.10. The number of alkyl halides is 2. The molecule has 0 heterocycles. The molecule has 0 saturated heterocycles. The Labute approximate surface area is 95.2 Å². The highest BCUT2D eigenvalue weighted by Gasteiger charge is 2.34. The quantitative estimate of drug-likeness (QED) is 0.677. The topological polar surface area (TPSA) is 0 Å². The fourth-order valence-electron chi connectivity index (χ4n) is 2.32. The Morgan fingerprint density at radius 2 is 1.86 bits per heavy atom. The molecule has 0 unspecified atom stereocenters. The highest BCUT2D eigenvalue weighted by atomic mass is 35.5. The maximum Gasteiger partial charge on any atom is 0.0332 e. The van der Waals surface area contributed by atoms with Crippen LogP contribution in [0.4, 0.5) is 0 Å². The largest absolute Gasteiger partial charge is 0.126 e. The Bertz CT molecular complexity index is 316. The summed E-state index contributed by atoms with van der Waals surface area (Å²) in [4.78, 5) is 0. The lowest BCUT2D eigenvalue weighted by Crippen LogP contribution is -2.34. The number of halogens is 2. The molecular weight excluding hydrogens is 215 g/mol. The molecule has 0 N–H and O–H groups in total. The van der Waals surface area contributed by atoms with Crippen LogP contribution in [0.2, 0.25) is 0 Å². The fourth-order valence-corrected chi connectivity index (χ4v) is 3.16. The summed E-state index contributed by atoms with van der Waals surface area (Å²) in [6.45, 7) is 0. The molecule has 1 aliphatic carbocycles. The third-order valence-electron chi connectivity index (χ3n) is 3.20. The smallest absolute Gasteiger partial charge is 0.0332 e. The van der Waals surface area contributed by atoms with Crippen LogP contribution in [-0.4, -0.2) is 11.8 Å². The van der Waals surface area contributed by atoms with Crippen LogP contribution in [0.5, 0.6) is 0 Å². The fraction of sp³-hybridized carbons (Fsp3) is 0.500. The van der Waals surface area contributed by atoms with Gasteiger partial charge in [-0.2, -0.15) is 0 Å². The van der Waals surface area contributed by atoms with E-state index in [1.807, 2.05) is 0 Å². The number of aryl methyl sites for hydroxylation is 1. The second kappa shape index (κ2) is 4.12. The van der Waals surface area contributed by atoms with Crippen molar-refractivity contribution in [3.8, 4) is 0 Å². The molecule has 1 aromatic rings. The van der Waals surface area contributed by atoms with Crippen molar-refractivity contribution < 1.29 is 0 Å². The van der Waals surface area contributed by atoms with Gasteiger partial charge in [0.05, 0.1) is 0 Å². The van der Waals surface area contributed by atoms with E-state index in [2.05, 4.69) is 24.3 Å². The summed E-state index contributed by atoms with van der Waals surface area (Å²) in [5.74, 6) is 1.26. The predicted octanol–water partition coefficient (Wildman–Crippen LogP) is 3.74. The Kier molecular flexibility index (Phi) is 3.04. The Morgan fingerprint density at radius 1 is 1.14 bits per heavy atom. The maximum atomic E-state index is 6.08. The van der Waals surface area contributed by atoms with Crippen molar-refractivity contribution in [3.63, 3.8) is 0 Å². The molecule has 76 valence electrons. The maximum absolute atomic E-state index is 6.08. The SMILES string of the molecule is ClCC1(CCl)CCCc2ccccc21. The van der Waals surface area contributed by atoms with Crippen LogP contribution in [0.3, 0.4) is 0 Å². The van der Waals surface area contributed by atoms with E-state index in [0.717, 1.165) is 6.42 Å².